The van der Waals surface area contributed by atoms with Crippen molar-refractivity contribution < 1.29 is 14.3 Å². The predicted molar refractivity (Wildman–Crippen MR) is 136 cm³/mol. The average molecular weight is 511 g/mol. The van der Waals surface area contributed by atoms with Crippen molar-refractivity contribution in [1.29, 1.82) is 0 Å². The Hall–Kier alpha value is -2.86. The van der Waals surface area contributed by atoms with Gasteiger partial charge in [0.05, 0.1) is 4.47 Å². The Morgan fingerprint density at radius 1 is 1.03 bits per heavy atom. The molecule has 174 valence electrons. The summed E-state index contributed by atoms with van der Waals surface area (Å²) in [7, 11) is 0. The van der Waals surface area contributed by atoms with Gasteiger partial charge in [-0.3, -0.25) is 9.59 Å². The zero-order chi connectivity index (χ0) is 24.0. The summed E-state index contributed by atoms with van der Waals surface area (Å²) < 4.78 is 6.71. The number of nitrogens with one attached hydrogen (secondary N) is 1. The second-order valence-corrected chi connectivity index (χ2v) is 9.18. The number of carbonyl (C=O) groups is 2. The van der Waals surface area contributed by atoms with Crippen LogP contribution >= 0.6 is 15.9 Å². The molecule has 0 aliphatic rings. The van der Waals surface area contributed by atoms with Crippen molar-refractivity contribution in [3.8, 4) is 5.75 Å². The van der Waals surface area contributed by atoms with E-state index in [0.29, 0.717) is 12.3 Å². The molecule has 0 saturated carbocycles. The predicted octanol–water partition coefficient (Wildman–Crippen LogP) is 5.62. The number of carbonyl (C=O) groups excluding carboxylic acids is 2. The lowest BCUT2D eigenvalue weighted by Gasteiger charge is -2.29. The molecule has 0 fully saturated rings. The molecule has 0 aliphatic heterocycles. The molecule has 2 amide bonds. The molecule has 0 spiro atoms. The Morgan fingerprint density at radius 2 is 1.73 bits per heavy atom. The van der Waals surface area contributed by atoms with Crippen LogP contribution in [-0.4, -0.2) is 35.4 Å². The minimum atomic E-state index is -0.628. The molecule has 2 atom stereocenters. The maximum absolute atomic E-state index is 13.3. The number of fused-ring (bicyclic) bond motifs is 1. The number of hydrogen-bond donors (Lipinski definition) is 1. The number of nitrogens with zero attached hydrogens (tertiary/aromatic N) is 1. The van der Waals surface area contributed by atoms with Crippen LogP contribution in [0.1, 0.15) is 38.3 Å². The van der Waals surface area contributed by atoms with E-state index < -0.39 is 6.04 Å². The summed E-state index contributed by atoms with van der Waals surface area (Å²) in [6, 6.07) is 19.2. The lowest BCUT2D eigenvalue weighted by molar-refractivity contribution is -0.142. The number of hydrogen-bond acceptors (Lipinski definition) is 3. The quantitative estimate of drug-likeness (QED) is 0.406. The van der Waals surface area contributed by atoms with Gasteiger partial charge in [-0.1, -0.05) is 67.1 Å². The van der Waals surface area contributed by atoms with Crippen LogP contribution in [-0.2, 0) is 16.1 Å². The highest BCUT2D eigenvalue weighted by atomic mass is 79.9. The lowest BCUT2D eigenvalue weighted by atomic mass is 10.1. The van der Waals surface area contributed by atoms with Gasteiger partial charge in [0.15, 0.2) is 6.61 Å². The number of benzene rings is 3. The van der Waals surface area contributed by atoms with Gasteiger partial charge >= 0.3 is 0 Å². The first-order chi connectivity index (χ1) is 15.8. The Kier molecular flexibility index (Phi) is 8.50. The molecule has 0 radical (unpaired) electrons. The van der Waals surface area contributed by atoms with E-state index >= 15 is 0 Å². The van der Waals surface area contributed by atoms with E-state index in [1.54, 1.807) is 11.8 Å². The minimum Gasteiger partial charge on any atom is -0.483 e. The number of halogens is 1. The third-order valence-corrected chi connectivity index (χ3v) is 6.64. The monoisotopic (exact) mass is 510 g/mol. The summed E-state index contributed by atoms with van der Waals surface area (Å²) in [4.78, 5) is 27.7. The fourth-order valence-corrected chi connectivity index (χ4v) is 4.09. The van der Waals surface area contributed by atoms with Crippen molar-refractivity contribution in [1.82, 2.24) is 10.2 Å². The van der Waals surface area contributed by atoms with Crippen LogP contribution in [0.25, 0.3) is 10.8 Å². The van der Waals surface area contributed by atoms with Crippen molar-refractivity contribution in [2.45, 2.75) is 52.7 Å². The van der Waals surface area contributed by atoms with Crippen LogP contribution in [0.2, 0.25) is 0 Å². The number of rotatable bonds is 9. The molecule has 0 bridgehead atoms. The summed E-state index contributed by atoms with van der Waals surface area (Å²) in [5.74, 6) is 0.174. The van der Waals surface area contributed by atoms with Crippen LogP contribution in [0.15, 0.2) is 65.1 Å². The molecule has 3 aromatic carbocycles. The molecule has 0 heterocycles. The van der Waals surface area contributed by atoms with Gasteiger partial charge in [-0.15, -0.1) is 0 Å². The van der Waals surface area contributed by atoms with Gasteiger partial charge < -0.3 is 15.0 Å². The molecular formula is C27H31BrN2O3. The Balaban J connectivity index is 1.78. The largest absolute Gasteiger partial charge is 0.483 e. The summed E-state index contributed by atoms with van der Waals surface area (Å²) in [6.45, 7) is 7.91. The molecule has 0 unspecified atom stereocenters. The van der Waals surface area contributed by atoms with Crippen molar-refractivity contribution in [3.05, 3.63) is 76.3 Å². The molecule has 3 rings (SSSR count). The SMILES string of the molecule is CC[C@@H](C)NC(=O)[C@@H](C)N(Cc1ccc(C)cc1)C(=O)COc1ccc2ccccc2c1Br. The zero-order valence-corrected chi connectivity index (χ0v) is 21.2. The molecule has 33 heavy (non-hydrogen) atoms. The third-order valence-electron chi connectivity index (χ3n) is 5.82. The van der Waals surface area contributed by atoms with E-state index in [2.05, 4.69) is 21.2 Å². The van der Waals surface area contributed by atoms with Crippen LogP contribution in [0.4, 0.5) is 0 Å². The summed E-state index contributed by atoms with van der Waals surface area (Å²) in [5, 5.41) is 5.08. The maximum atomic E-state index is 13.3. The Morgan fingerprint density at radius 3 is 2.42 bits per heavy atom. The van der Waals surface area contributed by atoms with E-state index in [1.165, 1.54) is 0 Å². The summed E-state index contributed by atoms with van der Waals surface area (Å²) >= 11 is 3.60. The lowest BCUT2D eigenvalue weighted by Crippen LogP contribution is -2.50. The topological polar surface area (TPSA) is 58.6 Å². The van der Waals surface area contributed by atoms with Crippen molar-refractivity contribution in [3.63, 3.8) is 0 Å². The molecule has 5 nitrogen and oxygen atoms in total. The van der Waals surface area contributed by atoms with Gasteiger partial charge in [0.1, 0.15) is 11.8 Å². The van der Waals surface area contributed by atoms with Crippen LogP contribution in [0, 0.1) is 6.92 Å². The van der Waals surface area contributed by atoms with Gasteiger partial charge in [0.25, 0.3) is 5.91 Å². The highest BCUT2D eigenvalue weighted by molar-refractivity contribution is 9.10. The van der Waals surface area contributed by atoms with Gasteiger partial charge in [-0.05, 0) is 65.5 Å². The third kappa shape index (κ3) is 6.35. The Labute approximate surface area is 204 Å². The second-order valence-electron chi connectivity index (χ2n) is 8.39. The van der Waals surface area contributed by atoms with E-state index in [0.717, 1.165) is 32.8 Å². The molecule has 1 N–H and O–H groups in total. The molecule has 0 aromatic heterocycles. The highest BCUT2D eigenvalue weighted by Gasteiger charge is 2.27. The highest BCUT2D eigenvalue weighted by Crippen LogP contribution is 2.33. The molecule has 6 heteroatoms. The van der Waals surface area contributed by atoms with Gasteiger partial charge in [-0.25, -0.2) is 0 Å². The standard InChI is InChI=1S/C27H31BrN2O3/c1-5-19(3)29-27(32)20(4)30(16-21-12-10-18(2)11-13-21)25(31)17-33-24-15-14-22-8-6-7-9-23(22)26(24)28/h6-15,19-20H,5,16-17H2,1-4H3,(H,29,32)/t19-,20-/m1/s1. The van der Waals surface area contributed by atoms with Gasteiger partial charge in [0, 0.05) is 12.6 Å². The average Bonchev–Trinajstić information content (AvgIpc) is 2.82. The van der Waals surface area contributed by atoms with Gasteiger partial charge in [0.2, 0.25) is 5.91 Å². The summed E-state index contributed by atoms with van der Waals surface area (Å²) in [6.07, 6.45) is 0.823. The van der Waals surface area contributed by atoms with E-state index in [4.69, 9.17) is 4.74 Å². The van der Waals surface area contributed by atoms with Crippen LogP contribution < -0.4 is 10.1 Å². The first-order valence-corrected chi connectivity index (χ1v) is 12.0. The second kappa shape index (κ2) is 11.3. The number of ether oxygens (including phenoxy) is 1. The Bertz CT molecular complexity index is 1110. The fraction of sp³-hybridized carbons (Fsp3) is 0.333. The first-order valence-electron chi connectivity index (χ1n) is 11.3. The number of amides is 2. The first kappa shape index (κ1) is 24.8. The molecule has 3 aromatic rings. The van der Waals surface area contributed by atoms with E-state index in [1.807, 2.05) is 81.4 Å². The molecule has 0 saturated heterocycles. The maximum Gasteiger partial charge on any atom is 0.261 e. The van der Waals surface area contributed by atoms with E-state index in [-0.39, 0.29) is 24.5 Å². The van der Waals surface area contributed by atoms with Crippen molar-refractivity contribution >= 4 is 38.5 Å². The van der Waals surface area contributed by atoms with Crippen LogP contribution in [0.3, 0.4) is 0 Å². The normalized spacial score (nSPS) is 12.8. The van der Waals surface area contributed by atoms with Crippen LogP contribution in [0.5, 0.6) is 5.75 Å². The summed E-state index contributed by atoms with van der Waals surface area (Å²) in [5.41, 5.74) is 2.10. The number of aryl methyl sites for hydroxylation is 1. The smallest absolute Gasteiger partial charge is 0.261 e. The zero-order valence-electron chi connectivity index (χ0n) is 19.6. The van der Waals surface area contributed by atoms with Crippen molar-refractivity contribution in [2.24, 2.45) is 0 Å². The molecular weight excluding hydrogens is 480 g/mol. The minimum absolute atomic E-state index is 0.0427. The van der Waals surface area contributed by atoms with Gasteiger partial charge in [-0.2, -0.15) is 0 Å². The van der Waals surface area contributed by atoms with E-state index in [9.17, 15) is 9.59 Å². The fourth-order valence-electron chi connectivity index (χ4n) is 3.49. The molecule has 0 aliphatic carbocycles. The van der Waals surface area contributed by atoms with Crippen molar-refractivity contribution in [2.75, 3.05) is 6.61 Å².